The predicted molar refractivity (Wildman–Crippen MR) is 81.0 cm³/mol. The molecule has 0 amide bonds. The molecule has 0 unspecified atom stereocenters. The van der Waals surface area contributed by atoms with Crippen LogP contribution in [0.5, 0.6) is 0 Å². The van der Waals surface area contributed by atoms with Gasteiger partial charge in [-0.2, -0.15) is 10.5 Å². The molecular weight excluding hydrogens is 264 g/mol. The number of anilines is 2. The van der Waals surface area contributed by atoms with Crippen molar-refractivity contribution in [1.29, 1.82) is 10.5 Å². The fourth-order valence-corrected chi connectivity index (χ4v) is 2.15. The molecule has 1 aliphatic carbocycles. The Morgan fingerprint density at radius 3 is 2.43 bits per heavy atom. The SMILES string of the molecule is CCCNc1nc(C2CC2)nc(N(CC#N)CC#N)c1C. The molecule has 1 heterocycles. The highest BCUT2D eigenvalue weighted by molar-refractivity contribution is 5.59. The monoisotopic (exact) mass is 284 g/mol. The Labute approximate surface area is 125 Å². The highest BCUT2D eigenvalue weighted by Gasteiger charge is 2.29. The number of nitrogens with zero attached hydrogens (tertiary/aromatic N) is 5. The summed E-state index contributed by atoms with van der Waals surface area (Å²) in [6.45, 7) is 5.19. The molecule has 0 spiro atoms. The topological polar surface area (TPSA) is 88.6 Å². The molecule has 1 saturated carbocycles. The highest BCUT2D eigenvalue weighted by atomic mass is 15.2. The molecule has 1 aromatic rings. The quantitative estimate of drug-likeness (QED) is 0.773. The van der Waals surface area contributed by atoms with Gasteiger partial charge in [0.05, 0.1) is 12.1 Å². The van der Waals surface area contributed by atoms with Gasteiger partial charge in [-0.05, 0) is 26.2 Å². The Morgan fingerprint density at radius 1 is 1.24 bits per heavy atom. The summed E-state index contributed by atoms with van der Waals surface area (Å²) in [5.74, 6) is 2.78. The van der Waals surface area contributed by atoms with Crippen LogP contribution in [0.25, 0.3) is 0 Å². The Morgan fingerprint density at radius 2 is 1.90 bits per heavy atom. The molecule has 0 radical (unpaired) electrons. The maximum atomic E-state index is 8.96. The van der Waals surface area contributed by atoms with Crippen molar-refractivity contribution in [3.8, 4) is 12.1 Å². The van der Waals surface area contributed by atoms with E-state index in [2.05, 4.69) is 34.3 Å². The molecule has 0 aromatic carbocycles. The molecule has 21 heavy (non-hydrogen) atoms. The standard InChI is InChI=1S/C15H20N6/c1-3-8-18-13-11(2)15(21(9-6-16)10-7-17)20-14(19-13)12-4-5-12/h12H,3-5,8-10H2,1-2H3,(H,18,19,20). The van der Waals surface area contributed by atoms with E-state index in [4.69, 9.17) is 10.5 Å². The predicted octanol–water partition coefficient (Wildman–Crippen LogP) is 2.34. The van der Waals surface area contributed by atoms with Gasteiger partial charge in [0.15, 0.2) is 0 Å². The fourth-order valence-electron chi connectivity index (χ4n) is 2.15. The number of rotatable bonds is 7. The Balaban J connectivity index is 2.39. The van der Waals surface area contributed by atoms with Gasteiger partial charge in [-0.3, -0.25) is 0 Å². The van der Waals surface area contributed by atoms with Crippen LogP contribution in [0.3, 0.4) is 0 Å². The molecule has 0 saturated heterocycles. The summed E-state index contributed by atoms with van der Waals surface area (Å²) in [6.07, 6.45) is 3.25. The molecule has 0 atom stereocenters. The highest BCUT2D eigenvalue weighted by Crippen LogP contribution is 2.40. The summed E-state index contributed by atoms with van der Waals surface area (Å²) in [5.41, 5.74) is 0.901. The lowest BCUT2D eigenvalue weighted by atomic mass is 10.2. The van der Waals surface area contributed by atoms with Crippen LogP contribution < -0.4 is 10.2 Å². The first-order chi connectivity index (χ1) is 10.2. The van der Waals surface area contributed by atoms with Crippen LogP contribution >= 0.6 is 0 Å². The summed E-state index contributed by atoms with van der Waals surface area (Å²) in [5, 5.41) is 21.2. The van der Waals surface area contributed by atoms with Gasteiger partial charge in [-0.15, -0.1) is 0 Å². The minimum Gasteiger partial charge on any atom is -0.370 e. The van der Waals surface area contributed by atoms with Crippen LogP contribution in [0.15, 0.2) is 0 Å². The van der Waals surface area contributed by atoms with Crippen molar-refractivity contribution in [2.75, 3.05) is 29.9 Å². The third-order valence-corrected chi connectivity index (χ3v) is 3.45. The number of hydrogen-bond acceptors (Lipinski definition) is 6. The first-order valence-electron chi connectivity index (χ1n) is 7.32. The minimum absolute atomic E-state index is 0.155. The van der Waals surface area contributed by atoms with Crippen molar-refractivity contribution in [2.24, 2.45) is 0 Å². The van der Waals surface area contributed by atoms with Crippen molar-refractivity contribution in [3.63, 3.8) is 0 Å². The van der Waals surface area contributed by atoms with Gasteiger partial charge in [0.1, 0.15) is 30.5 Å². The normalized spacial score (nSPS) is 13.3. The second kappa shape index (κ2) is 6.90. The summed E-state index contributed by atoms with van der Waals surface area (Å²) in [4.78, 5) is 10.9. The number of aromatic nitrogens is 2. The Bertz CT molecular complexity index is 563. The van der Waals surface area contributed by atoms with Crippen LogP contribution in [0.1, 0.15) is 43.5 Å². The molecular formula is C15H20N6. The number of nitrogens with one attached hydrogen (secondary N) is 1. The average Bonchev–Trinajstić information content (AvgIpc) is 3.31. The molecule has 1 N–H and O–H groups in total. The van der Waals surface area contributed by atoms with E-state index < -0.39 is 0 Å². The van der Waals surface area contributed by atoms with Crippen LogP contribution in [-0.4, -0.2) is 29.6 Å². The average molecular weight is 284 g/mol. The van der Waals surface area contributed by atoms with E-state index in [0.29, 0.717) is 11.7 Å². The minimum atomic E-state index is 0.155. The van der Waals surface area contributed by atoms with E-state index in [1.165, 1.54) is 0 Å². The van der Waals surface area contributed by atoms with Crippen molar-refractivity contribution >= 4 is 11.6 Å². The number of nitriles is 2. The smallest absolute Gasteiger partial charge is 0.139 e. The van der Waals surface area contributed by atoms with E-state index in [-0.39, 0.29) is 13.1 Å². The van der Waals surface area contributed by atoms with Crippen LogP contribution in [0.4, 0.5) is 11.6 Å². The van der Waals surface area contributed by atoms with Crippen molar-refractivity contribution in [3.05, 3.63) is 11.4 Å². The Kier molecular flexibility index (Phi) is 4.94. The first-order valence-corrected chi connectivity index (χ1v) is 7.32. The molecule has 0 aliphatic heterocycles. The lowest BCUT2D eigenvalue weighted by molar-refractivity contribution is 0.855. The first kappa shape index (κ1) is 15.1. The van der Waals surface area contributed by atoms with Gasteiger partial charge >= 0.3 is 0 Å². The zero-order valence-corrected chi connectivity index (χ0v) is 12.6. The van der Waals surface area contributed by atoms with Crippen molar-refractivity contribution < 1.29 is 0 Å². The summed E-state index contributed by atoms with van der Waals surface area (Å²) in [7, 11) is 0. The van der Waals surface area contributed by atoms with Gasteiger partial charge in [-0.25, -0.2) is 9.97 Å². The maximum Gasteiger partial charge on any atom is 0.139 e. The van der Waals surface area contributed by atoms with E-state index in [0.717, 1.165) is 43.0 Å². The number of hydrogen-bond donors (Lipinski definition) is 1. The zero-order valence-electron chi connectivity index (χ0n) is 12.6. The molecule has 1 aliphatic rings. The summed E-state index contributed by atoms with van der Waals surface area (Å²) < 4.78 is 0. The van der Waals surface area contributed by atoms with Gasteiger partial charge in [0.2, 0.25) is 0 Å². The lowest BCUT2D eigenvalue weighted by Crippen LogP contribution is -2.27. The summed E-state index contributed by atoms with van der Waals surface area (Å²) in [6, 6.07) is 4.20. The second-order valence-corrected chi connectivity index (χ2v) is 5.25. The maximum absolute atomic E-state index is 8.96. The third kappa shape index (κ3) is 3.61. The van der Waals surface area contributed by atoms with Crippen LogP contribution in [-0.2, 0) is 0 Å². The largest absolute Gasteiger partial charge is 0.370 e. The van der Waals surface area contributed by atoms with E-state index in [1.807, 2.05) is 6.92 Å². The molecule has 1 aromatic heterocycles. The molecule has 1 fully saturated rings. The van der Waals surface area contributed by atoms with E-state index in [1.54, 1.807) is 4.90 Å². The molecule has 6 heteroatoms. The van der Waals surface area contributed by atoms with E-state index >= 15 is 0 Å². The van der Waals surface area contributed by atoms with Gasteiger partial charge in [0.25, 0.3) is 0 Å². The second-order valence-electron chi connectivity index (χ2n) is 5.25. The van der Waals surface area contributed by atoms with Crippen LogP contribution in [0.2, 0.25) is 0 Å². The zero-order chi connectivity index (χ0) is 15.2. The molecule has 0 bridgehead atoms. The molecule has 110 valence electrons. The Hall–Kier alpha value is -2.34. The van der Waals surface area contributed by atoms with Crippen molar-refractivity contribution in [1.82, 2.24) is 9.97 Å². The lowest BCUT2D eigenvalue weighted by Gasteiger charge is -2.21. The van der Waals surface area contributed by atoms with Gasteiger partial charge < -0.3 is 10.2 Å². The third-order valence-electron chi connectivity index (χ3n) is 3.45. The van der Waals surface area contributed by atoms with Crippen LogP contribution in [0, 0.1) is 29.6 Å². The van der Waals surface area contributed by atoms with Gasteiger partial charge in [0, 0.05) is 18.0 Å². The summed E-state index contributed by atoms with van der Waals surface area (Å²) >= 11 is 0. The van der Waals surface area contributed by atoms with Crippen molar-refractivity contribution in [2.45, 2.75) is 39.0 Å². The molecule has 6 nitrogen and oxygen atoms in total. The van der Waals surface area contributed by atoms with E-state index in [9.17, 15) is 0 Å². The van der Waals surface area contributed by atoms with Gasteiger partial charge in [-0.1, -0.05) is 6.92 Å². The molecule has 2 rings (SSSR count). The fraction of sp³-hybridized carbons (Fsp3) is 0.600.